The average molecular weight is 424 g/mol. The number of hydrogen-bond acceptors (Lipinski definition) is 6. The fraction of sp³-hybridized carbons (Fsp3) is 0.391. The second kappa shape index (κ2) is 8.85. The highest BCUT2D eigenvalue weighted by molar-refractivity contribution is 5.54. The second-order valence-corrected chi connectivity index (χ2v) is 7.90. The minimum atomic E-state index is -0.653. The molecule has 0 bridgehead atoms. The molecule has 8 heteroatoms. The summed E-state index contributed by atoms with van der Waals surface area (Å²) in [6.07, 6.45) is 0.851. The van der Waals surface area contributed by atoms with Gasteiger partial charge in [0.25, 0.3) is 0 Å². The van der Waals surface area contributed by atoms with Crippen molar-refractivity contribution in [2.45, 2.75) is 26.0 Å². The van der Waals surface area contributed by atoms with E-state index >= 15 is 0 Å². The number of methoxy groups -OCH3 is 1. The maximum atomic E-state index is 12.6. The summed E-state index contributed by atoms with van der Waals surface area (Å²) in [6.45, 7) is 7.16. The Morgan fingerprint density at radius 1 is 0.871 bits per heavy atom. The van der Waals surface area contributed by atoms with Gasteiger partial charge in [-0.1, -0.05) is 0 Å². The van der Waals surface area contributed by atoms with Crippen LogP contribution >= 0.6 is 0 Å². The van der Waals surface area contributed by atoms with E-state index in [-0.39, 0.29) is 11.7 Å². The molecule has 2 unspecified atom stereocenters. The number of aromatic nitrogens is 3. The number of benzene rings is 2. The molecular weight excluding hydrogens is 394 g/mol. The van der Waals surface area contributed by atoms with Gasteiger partial charge in [-0.25, -0.2) is 14.0 Å². The van der Waals surface area contributed by atoms with Crippen LogP contribution in [0.25, 0.3) is 5.69 Å². The average Bonchev–Trinajstić information content (AvgIpc) is 3.20. The quantitative estimate of drug-likeness (QED) is 0.656. The fourth-order valence-corrected chi connectivity index (χ4v) is 3.82. The zero-order valence-electron chi connectivity index (χ0n) is 18.2. The molecule has 1 saturated heterocycles. The fourth-order valence-electron chi connectivity index (χ4n) is 3.82. The minimum Gasteiger partial charge on any atom is -0.497 e. The van der Waals surface area contributed by atoms with Gasteiger partial charge in [-0.15, -0.1) is 0 Å². The molecular formula is C23H29N5O3. The first-order chi connectivity index (χ1) is 15.0. The standard InChI is InChI=1S/C23H29N5O3/c1-17(18(2)29)28-23(30)27(16-24-28)21-6-4-19(5-7-21)25-12-14-26(15-13-25)20-8-10-22(31-3)11-9-20/h4-11,16-18,29H,12-15H2,1-3H3. The second-order valence-electron chi connectivity index (χ2n) is 7.90. The Balaban J connectivity index is 1.42. The topological polar surface area (TPSA) is 75.8 Å². The third kappa shape index (κ3) is 4.29. The molecule has 164 valence electrons. The van der Waals surface area contributed by atoms with E-state index in [1.54, 1.807) is 21.0 Å². The molecule has 4 rings (SSSR count). The van der Waals surface area contributed by atoms with Gasteiger partial charge in [0.15, 0.2) is 0 Å². The van der Waals surface area contributed by atoms with E-state index in [1.165, 1.54) is 21.3 Å². The van der Waals surface area contributed by atoms with Crippen molar-refractivity contribution < 1.29 is 9.84 Å². The van der Waals surface area contributed by atoms with Crippen LogP contribution in [0, 0.1) is 0 Å². The van der Waals surface area contributed by atoms with E-state index in [9.17, 15) is 9.90 Å². The highest BCUT2D eigenvalue weighted by atomic mass is 16.5. The molecule has 1 aliphatic rings. The summed E-state index contributed by atoms with van der Waals surface area (Å²) in [5.74, 6) is 0.868. The summed E-state index contributed by atoms with van der Waals surface area (Å²) in [5, 5.41) is 13.9. The van der Waals surface area contributed by atoms with Crippen LogP contribution in [0.15, 0.2) is 59.7 Å². The third-order valence-electron chi connectivity index (χ3n) is 5.99. The molecule has 1 N–H and O–H groups in total. The molecule has 31 heavy (non-hydrogen) atoms. The smallest absolute Gasteiger partial charge is 0.350 e. The van der Waals surface area contributed by atoms with Gasteiger partial charge in [0.05, 0.1) is 24.9 Å². The highest BCUT2D eigenvalue weighted by Crippen LogP contribution is 2.23. The minimum absolute atomic E-state index is 0.255. The SMILES string of the molecule is COc1ccc(N2CCN(c3ccc(-n4cnn(C(C)C(C)O)c4=O)cc3)CC2)cc1. The normalized spacial score (nSPS) is 16.3. The van der Waals surface area contributed by atoms with E-state index in [4.69, 9.17) is 4.74 Å². The number of aliphatic hydroxyl groups excluding tert-OH is 1. The van der Waals surface area contributed by atoms with Crippen LogP contribution in [-0.2, 0) is 0 Å². The molecule has 8 nitrogen and oxygen atoms in total. The van der Waals surface area contributed by atoms with Crippen molar-refractivity contribution in [3.63, 3.8) is 0 Å². The Morgan fingerprint density at radius 2 is 1.35 bits per heavy atom. The molecule has 1 aliphatic heterocycles. The first-order valence-electron chi connectivity index (χ1n) is 10.6. The van der Waals surface area contributed by atoms with E-state index < -0.39 is 6.10 Å². The Morgan fingerprint density at radius 3 is 1.84 bits per heavy atom. The largest absolute Gasteiger partial charge is 0.497 e. The Bertz CT molecular complexity index is 1050. The van der Waals surface area contributed by atoms with Crippen molar-refractivity contribution in [1.29, 1.82) is 0 Å². The van der Waals surface area contributed by atoms with Crippen LogP contribution in [-0.4, -0.2) is 58.8 Å². The molecule has 0 spiro atoms. The van der Waals surface area contributed by atoms with E-state index in [2.05, 4.69) is 27.0 Å². The Labute approximate surface area is 181 Å². The lowest BCUT2D eigenvalue weighted by Crippen LogP contribution is -2.46. The van der Waals surface area contributed by atoms with Gasteiger partial charge >= 0.3 is 5.69 Å². The van der Waals surface area contributed by atoms with Gasteiger partial charge in [0.2, 0.25) is 0 Å². The van der Waals surface area contributed by atoms with Crippen LogP contribution < -0.4 is 20.2 Å². The Kier molecular flexibility index (Phi) is 5.99. The van der Waals surface area contributed by atoms with Crippen molar-refractivity contribution >= 4 is 11.4 Å². The predicted octanol–water partition coefficient (Wildman–Crippen LogP) is 2.31. The van der Waals surface area contributed by atoms with Crippen LogP contribution in [0.5, 0.6) is 5.75 Å². The zero-order valence-corrected chi connectivity index (χ0v) is 18.2. The van der Waals surface area contributed by atoms with Crippen LogP contribution in [0.3, 0.4) is 0 Å². The van der Waals surface area contributed by atoms with E-state index in [1.807, 2.05) is 36.4 Å². The molecule has 1 aromatic heterocycles. The third-order valence-corrected chi connectivity index (χ3v) is 5.99. The number of aliphatic hydroxyl groups is 1. The first-order valence-corrected chi connectivity index (χ1v) is 10.6. The van der Waals surface area contributed by atoms with Gasteiger partial charge < -0.3 is 19.6 Å². The lowest BCUT2D eigenvalue weighted by Gasteiger charge is -2.37. The van der Waals surface area contributed by atoms with Crippen molar-refractivity contribution in [3.8, 4) is 11.4 Å². The number of nitrogens with zero attached hydrogens (tertiary/aromatic N) is 5. The lowest BCUT2D eigenvalue weighted by molar-refractivity contribution is 0.130. The summed E-state index contributed by atoms with van der Waals surface area (Å²) >= 11 is 0. The molecule has 2 atom stereocenters. The molecule has 0 saturated carbocycles. The number of ether oxygens (including phenoxy) is 1. The monoisotopic (exact) mass is 423 g/mol. The van der Waals surface area contributed by atoms with E-state index in [0.717, 1.165) is 43.3 Å². The summed E-state index contributed by atoms with van der Waals surface area (Å²) in [4.78, 5) is 17.4. The van der Waals surface area contributed by atoms with Crippen molar-refractivity contribution in [2.24, 2.45) is 0 Å². The van der Waals surface area contributed by atoms with Crippen LogP contribution in [0.4, 0.5) is 11.4 Å². The number of anilines is 2. The van der Waals surface area contributed by atoms with E-state index in [0.29, 0.717) is 0 Å². The molecule has 2 aromatic carbocycles. The lowest BCUT2D eigenvalue weighted by atomic mass is 10.2. The van der Waals surface area contributed by atoms with Crippen molar-refractivity contribution in [2.75, 3.05) is 43.1 Å². The first kappa shape index (κ1) is 21.0. The van der Waals surface area contributed by atoms with Gasteiger partial charge in [-0.3, -0.25) is 0 Å². The molecule has 0 radical (unpaired) electrons. The highest BCUT2D eigenvalue weighted by Gasteiger charge is 2.19. The number of rotatable bonds is 6. The van der Waals surface area contributed by atoms with Crippen molar-refractivity contribution in [3.05, 3.63) is 65.3 Å². The van der Waals surface area contributed by atoms with Gasteiger partial charge in [0.1, 0.15) is 12.1 Å². The zero-order chi connectivity index (χ0) is 22.0. The van der Waals surface area contributed by atoms with Crippen molar-refractivity contribution in [1.82, 2.24) is 14.3 Å². The Hall–Kier alpha value is -3.26. The summed E-state index contributed by atoms with van der Waals surface area (Å²) in [7, 11) is 1.68. The molecule has 3 aromatic rings. The molecule has 0 aliphatic carbocycles. The maximum absolute atomic E-state index is 12.6. The summed E-state index contributed by atoms with van der Waals surface area (Å²) in [5.41, 5.74) is 2.85. The van der Waals surface area contributed by atoms with Crippen LogP contribution in [0.1, 0.15) is 19.9 Å². The molecule has 0 amide bonds. The summed E-state index contributed by atoms with van der Waals surface area (Å²) < 4.78 is 8.06. The molecule has 2 heterocycles. The maximum Gasteiger partial charge on any atom is 0.350 e. The predicted molar refractivity (Wildman–Crippen MR) is 122 cm³/mol. The number of piperazine rings is 1. The van der Waals surface area contributed by atoms with Gasteiger partial charge in [0, 0.05) is 37.6 Å². The van der Waals surface area contributed by atoms with Crippen LogP contribution in [0.2, 0.25) is 0 Å². The molecule has 1 fully saturated rings. The summed E-state index contributed by atoms with van der Waals surface area (Å²) in [6, 6.07) is 15.8. The van der Waals surface area contributed by atoms with Gasteiger partial charge in [-0.2, -0.15) is 5.10 Å². The van der Waals surface area contributed by atoms with Gasteiger partial charge in [-0.05, 0) is 62.4 Å². The number of hydrogen-bond donors (Lipinski definition) is 1.